The van der Waals surface area contributed by atoms with Crippen molar-refractivity contribution in [2.45, 2.75) is 28.9 Å². The van der Waals surface area contributed by atoms with Gasteiger partial charge in [-0.05, 0) is 29.6 Å². The average molecular weight is 596 g/mol. The van der Waals surface area contributed by atoms with Crippen LogP contribution in [0.5, 0.6) is 0 Å². The maximum Gasteiger partial charge on any atom is 0.416 e. The number of rotatable bonds is 4. The molecule has 0 aliphatic carbocycles. The first-order valence-corrected chi connectivity index (χ1v) is 14.6. The minimum atomic E-state index is -4.64. The number of morpholine rings is 1. The Kier molecular flexibility index (Phi) is 6.68. The molecule has 3 aliphatic heterocycles. The van der Waals surface area contributed by atoms with Gasteiger partial charge in [-0.25, -0.2) is 4.90 Å². The van der Waals surface area contributed by atoms with E-state index in [1.807, 2.05) is 11.4 Å². The number of hydrogen-bond donors (Lipinski definition) is 0. The molecule has 2 saturated heterocycles. The number of halogens is 3. The summed E-state index contributed by atoms with van der Waals surface area (Å²) in [4.78, 5) is 57.0. The SMILES string of the molecule is O=C(Cn1c2c(sc1=O)[C@@H](c1cccs1)[C@H]1C(=O)N(c3cccc(C(F)(F)F)c3)C(=O)[C@H]1S2)N1CCOCC1. The summed E-state index contributed by atoms with van der Waals surface area (Å²) >= 11 is 3.33. The van der Waals surface area contributed by atoms with Crippen molar-refractivity contribution in [2.75, 3.05) is 31.2 Å². The lowest BCUT2D eigenvalue weighted by atomic mass is 9.87. The maximum absolute atomic E-state index is 13.8. The Morgan fingerprint density at radius 2 is 1.82 bits per heavy atom. The molecule has 2 aromatic heterocycles. The molecule has 5 heterocycles. The van der Waals surface area contributed by atoms with Crippen molar-refractivity contribution in [1.29, 1.82) is 0 Å². The third-order valence-electron chi connectivity index (χ3n) is 6.99. The number of carbonyl (C=O) groups excluding carboxylic acids is 3. The summed E-state index contributed by atoms with van der Waals surface area (Å²) in [5.74, 6) is -3.07. The number of thiazole rings is 1. The highest BCUT2D eigenvalue weighted by Crippen LogP contribution is 2.54. The maximum atomic E-state index is 13.8. The summed E-state index contributed by atoms with van der Waals surface area (Å²) in [6, 6.07) is 7.75. The molecule has 3 atom stereocenters. The quantitative estimate of drug-likeness (QED) is 0.428. The number of anilines is 1. The highest BCUT2D eigenvalue weighted by molar-refractivity contribution is 8.00. The van der Waals surface area contributed by atoms with Crippen molar-refractivity contribution >= 4 is 57.8 Å². The number of imide groups is 1. The largest absolute Gasteiger partial charge is 0.416 e. The van der Waals surface area contributed by atoms with Gasteiger partial charge in [0.15, 0.2) is 0 Å². The second kappa shape index (κ2) is 9.91. The molecule has 1 aromatic carbocycles. The van der Waals surface area contributed by atoms with E-state index in [1.54, 1.807) is 11.0 Å². The van der Waals surface area contributed by atoms with Crippen molar-refractivity contribution in [1.82, 2.24) is 9.47 Å². The van der Waals surface area contributed by atoms with Gasteiger partial charge in [-0.1, -0.05) is 35.2 Å². The van der Waals surface area contributed by atoms with E-state index in [-0.39, 0.29) is 23.0 Å². The van der Waals surface area contributed by atoms with Crippen LogP contribution in [0.15, 0.2) is 51.6 Å². The van der Waals surface area contributed by atoms with Crippen LogP contribution in [-0.4, -0.2) is 58.7 Å². The van der Waals surface area contributed by atoms with Crippen molar-refractivity contribution in [3.05, 3.63) is 66.8 Å². The van der Waals surface area contributed by atoms with Crippen LogP contribution < -0.4 is 9.77 Å². The summed E-state index contributed by atoms with van der Waals surface area (Å²) in [6.45, 7) is 1.42. The number of amides is 3. The molecule has 39 heavy (non-hydrogen) atoms. The highest BCUT2D eigenvalue weighted by Gasteiger charge is 2.57. The van der Waals surface area contributed by atoms with Gasteiger partial charge < -0.3 is 9.64 Å². The zero-order valence-electron chi connectivity index (χ0n) is 20.1. The van der Waals surface area contributed by atoms with Gasteiger partial charge in [-0.15, -0.1) is 11.3 Å². The monoisotopic (exact) mass is 595 g/mol. The van der Waals surface area contributed by atoms with Gasteiger partial charge in [0.05, 0.1) is 35.4 Å². The molecule has 0 spiro atoms. The molecule has 3 aliphatic rings. The number of hydrogen-bond acceptors (Lipinski definition) is 8. The minimum Gasteiger partial charge on any atom is -0.378 e. The molecule has 204 valence electrons. The zero-order valence-corrected chi connectivity index (χ0v) is 22.5. The first-order valence-electron chi connectivity index (χ1n) is 12.0. The Labute approximate surface area is 232 Å². The van der Waals surface area contributed by atoms with E-state index in [1.165, 1.54) is 22.0 Å². The fourth-order valence-corrected chi connectivity index (χ4v) is 8.88. The van der Waals surface area contributed by atoms with Crippen molar-refractivity contribution in [2.24, 2.45) is 5.92 Å². The summed E-state index contributed by atoms with van der Waals surface area (Å²) in [5, 5.41) is 1.29. The molecule has 3 amide bonds. The normalized spacial score (nSPS) is 23.2. The molecule has 6 rings (SSSR count). The predicted molar refractivity (Wildman–Crippen MR) is 139 cm³/mol. The summed E-state index contributed by atoms with van der Waals surface area (Å²) in [6.07, 6.45) is -4.64. The van der Waals surface area contributed by atoms with Gasteiger partial charge in [-0.3, -0.25) is 23.7 Å². The lowest BCUT2D eigenvalue weighted by Crippen LogP contribution is -2.43. The minimum absolute atomic E-state index is 0.150. The van der Waals surface area contributed by atoms with Crippen LogP contribution >= 0.6 is 34.4 Å². The highest BCUT2D eigenvalue weighted by atomic mass is 32.2. The van der Waals surface area contributed by atoms with Crippen LogP contribution in [0, 0.1) is 5.92 Å². The topological polar surface area (TPSA) is 88.9 Å². The molecule has 0 radical (unpaired) electrons. The van der Waals surface area contributed by atoms with Crippen LogP contribution in [0.25, 0.3) is 0 Å². The molecule has 8 nitrogen and oxygen atoms in total. The van der Waals surface area contributed by atoms with E-state index in [9.17, 15) is 32.3 Å². The van der Waals surface area contributed by atoms with E-state index in [4.69, 9.17) is 4.74 Å². The molecular formula is C25H20F3N3O5S3. The van der Waals surface area contributed by atoms with E-state index >= 15 is 0 Å². The number of fused-ring (bicyclic) bond motifs is 2. The number of thiophene rings is 1. The van der Waals surface area contributed by atoms with Gasteiger partial charge >= 0.3 is 11.0 Å². The first-order chi connectivity index (χ1) is 18.6. The van der Waals surface area contributed by atoms with Crippen molar-refractivity contribution in [3.8, 4) is 0 Å². The fraction of sp³-hybridized carbons (Fsp3) is 0.360. The van der Waals surface area contributed by atoms with E-state index in [0.717, 1.165) is 51.1 Å². The summed E-state index contributed by atoms with van der Waals surface area (Å²) in [7, 11) is 0. The van der Waals surface area contributed by atoms with E-state index < -0.39 is 40.6 Å². The van der Waals surface area contributed by atoms with Gasteiger partial charge in [0.25, 0.3) is 0 Å². The van der Waals surface area contributed by atoms with Gasteiger partial charge in [0.2, 0.25) is 17.7 Å². The molecule has 3 aromatic rings. The Bertz CT molecular complexity index is 1510. The second-order valence-corrected chi connectivity index (χ2v) is 12.3. The van der Waals surface area contributed by atoms with Gasteiger partial charge in [0, 0.05) is 28.8 Å². The Balaban J connectivity index is 1.40. The Hall–Kier alpha value is -2.94. The van der Waals surface area contributed by atoms with Crippen LogP contribution in [0.1, 0.15) is 21.2 Å². The number of aromatic nitrogens is 1. The Morgan fingerprint density at radius 3 is 2.51 bits per heavy atom. The van der Waals surface area contributed by atoms with Crippen LogP contribution in [0.2, 0.25) is 0 Å². The second-order valence-electron chi connectivity index (χ2n) is 9.23. The van der Waals surface area contributed by atoms with Crippen LogP contribution in [0.3, 0.4) is 0 Å². The Morgan fingerprint density at radius 1 is 1.05 bits per heavy atom. The predicted octanol–water partition coefficient (Wildman–Crippen LogP) is 3.64. The fourth-order valence-electron chi connectivity index (χ4n) is 5.15. The van der Waals surface area contributed by atoms with Crippen molar-refractivity contribution in [3.63, 3.8) is 0 Å². The summed E-state index contributed by atoms with van der Waals surface area (Å²) in [5.41, 5.74) is -1.12. The lowest BCUT2D eigenvalue weighted by molar-refractivity contribution is -0.138. The molecule has 14 heteroatoms. The van der Waals surface area contributed by atoms with Crippen molar-refractivity contribution < 1.29 is 32.3 Å². The molecule has 0 bridgehead atoms. The van der Waals surface area contributed by atoms with E-state index in [0.29, 0.717) is 36.2 Å². The van der Waals surface area contributed by atoms with E-state index in [2.05, 4.69) is 0 Å². The molecular weight excluding hydrogens is 575 g/mol. The average Bonchev–Trinajstić information content (AvgIpc) is 3.61. The zero-order chi connectivity index (χ0) is 27.5. The number of benzene rings is 1. The van der Waals surface area contributed by atoms with Crippen LogP contribution in [-0.2, 0) is 31.8 Å². The number of nitrogens with zero attached hydrogens (tertiary/aromatic N) is 3. The smallest absolute Gasteiger partial charge is 0.378 e. The van der Waals surface area contributed by atoms with Crippen LogP contribution in [0.4, 0.5) is 18.9 Å². The number of ether oxygens (including phenoxy) is 1. The molecule has 0 N–H and O–H groups in total. The third kappa shape index (κ3) is 4.52. The first kappa shape index (κ1) is 26.3. The number of carbonyl (C=O) groups is 3. The summed E-state index contributed by atoms with van der Waals surface area (Å²) < 4.78 is 46.8. The number of thioether (sulfide) groups is 1. The number of alkyl halides is 3. The van der Waals surface area contributed by atoms with Gasteiger partial charge in [0.1, 0.15) is 11.8 Å². The standard InChI is InChI=1S/C25H20F3N3O5S3/c26-25(27,28)13-3-1-4-14(11-13)31-21(33)18-17(15-5-2-10-37-15)20-23(38-19(18)22(31)34)30(24(35)39-20)12-16(32)29-6-8-36-9-7-29/h1-5,10-11,17-19H,6-9,12H2/t17-,18+,19-/m0/s1. The van der Waals surface area contributed by atoms with Gasteiger partial charge in [-0.2, -0.15) is 13.2 Å². The lowest BCUT2D eigenvalue weighted by Gasteiger charge is -2.30. The molecule has 2 fully saturated rings. The third-order valence-corrected chi connectivity index (χ3v) is 10.5. The molecule has 0 unspecified atom stereocenters. The molecule has 0 saturated carbocycles.